The molecule has 3 heterocycles. The number of imidazole rings is 1. The Morgan fingerprint density at radius 1 is 1.25 bits per heavy atom. The highest BCUT2D eigenvalue weighted by Gasteiger charge is 2.59. The number of benzene rings is 1. The van der Waals surface area contributed by atoms with E-state index in [1.807, 2.05) is 29.2 Å². The van der Waals surface area contributed by atoms with Gasteiger partial charge in [0.05, 0.1) is 41.0 Å². The van der Waals surface area contributed by atoms with Crippen molar-refractivity contribution in [2.75, 3.05) is 4.90 Å². The summed E-state index contributed by atoms with van der Waals surface area (Å²) in [7, 11) is 0. The molecule has 1 aromatic carbocycles. The molecular formula is C21H19ClN4O2. The van der Waals surface area contributed by atoms with E-state index in [-0.39, 0.29) is 23.5 Å². The first-order chi connectivity index (χ1) is 13.6. The van der Waals surface area contributed by atoms with Gasteiger partial charge in [-0.2, -0.15) is 0 Å². The zero-order valence-electron chi connectivity index (χ0n) is 15.2. The predicted molar refractivity (Wildman–Crippen MR) is 105 cm³/mol. The number of aliphatic hydroxyl groups is 1. The topological polar surface area (TPSA) is 71.2 Å². The lowest BCUT2D eigenvalue weighted by Crippen LogP contribution is -2.35. The maximum Gasteiger partial charge on any atom is 0.238 e. The minimum Gasteiger partial charge on any atom is -0.393 e. The van der Waals surface area contributed by atoms with Gasteiger partial charge in [-0.05, 0) is 55.5 Å². The minimum absolute atomic E-state index is 0.154. The van der Waals surface area contributed by atoms with Crippen molar-refractivity contribution in [3.8, 4) is 0 Å². The summed E-state index contributed by atoms with van der Waals surface area (Å²) in [5.41, 5.74) is 3.47. The number of fused-ring (bicyclic) bond motifs is 3. The second kappa shape index (κ2) is 5.55. The smallest absolute Gasteiger partial charge is 0.238 e. The first kappa shape index (κ1) is 16.5. The number of hydrogen-bond donors (Lipinski definition) is 1. The van der Waals surface area contributed by atoms with Crippen LogP contribution in [0.3, 0.4) is 0 Å². The molecule has 1 N–H and O–H groups in total. The number of carbonyl (C=O) groups is 1. The third kappa shape index (κ3) is 2.16. The molecule has 28 heavy (non-hydrogen) atoms. The van der Waals surface area contributed by atoms with Gasteiger partial charge in [-0.25, -0.2) is 4.98 Å². The van der Waals surface area contributed by atoms with Crippen molar-refractivity contribution < 1.29 is 9.90 Å². The molecule has 1 amide bonds. The fraction of sp³-hybridized carbons (Fsp3) is 0.381. The van der Waals surface area contributed by atoms with Crippen LogP contribution in [0.2, 0.25) is 5.02 Å². The standard InChI is InChI=1S/C21H19ClN4O2/c22-12-1-2-17-16(7-12)24-19(26(17)13-8-14(27)9-13)11-25-18-10-23-6-3-15(18)21(4-5-21)20(25)28/h1-3,6-7,10,13-14,27H,4-5,8-9,11H2/t13-,14-. The van der Waals surface area contributed by atoms with Crippen LogP contribution < -0.4 is 4.90 Å². The van der Waals surface area contributed by atoms with E-state index >= 15 is 0 Å². The van der Waals surface area contributed by atoms with E-state index in [1.54, 1.807) is 12.4 Å². The van der Waals surface area contributed by atoms with E-state index in [4.69, 9.17) is 16.6 Å². The van der Waals surface area contributed by atoms with Crippen molar-refractivity contribution in [3.05, 3.63) is 53.1 Å². The molecule has 0 bridgehead atoms. The van der Waals surface area contributed by atoms with Gasteiger partial charge in [0, 0.05) is 17.3 Å². The normalized spacial score (nSPS) is 24.6. The molecule has 0 saturated heterocycles. The van der Waals surface area contributed by atoms with Crippen LogP contribution in [0.4, 0.5) is 5.69 Å². The Labute approximate surface area is 166 Å². The van der Waals surface area contributed by atoms with Gasteiger partial charge in [-0.1, -0.05) is 11.6 Å². The van der Waals surface area contributed by atoms with Gasteiger partial charge in [0.15, 0.2) is 0 Å². The van der Waals surface area contributed by atoms with Gasteiger partial charge in [0.2, 0.25) is 5.91 Å². The van der Waals surface area contributed by atoms with Gasteiger partial charge in [-0.15, -0.1) is 0 Å². The summed E-state index contributed by atoms with van der Waals surface area (Å²) in [6, 6.07) is 7.86. The van der Waals surface area contributed by atoms with Gasteiger partial charge in [0.1, 0.15) is 5.82 Å². The molecule has 142 valence electrons. The zero-order valence-corrected chi connectivity index (χ0v) is 15.9. The molecule has 3 aromatic rings. The van der Waals surface area contributed by atoms with E-state index in [0.717, 1.165) is 41.0 Å². The van der Waals surface area contributed by atoms with Crippen LogP contribution in [0.25, 0.3) is 11.0 Å². The lowest BCUT2D eigenvalue weighted by Gasteiger charge is -2.34. The third-order valence-electron chi connectivity index (χ3n) is 6.49. The first-order valence-corrected chi connectivity index (χ1v) is 10.1. The van der Waals surface area contributed by atoms with Gasteiger partial charge < -0.3 is 14.6 Å². The molecule has 6 nitrogen and oxygen atoms in total. The maximum absolute atomic E-state index is 13.2. The molecule has 2 saturated carbocycles. The number of rotatable bonds is 3. The van der Waals surface area contributed by atoms with Crippen molar-refractivity contribution in [1.29, 1.82) is 0 Å². The number of halogens is 1. The number of pyridine rings is 1. The Bertz CT molecular complexity index is 1130. The van der Waals surface area contributed by atoms with Crippen molar-refractivity contribution in [1.82, 2.24) is 14.5 Å². The number of anilines is 1. The Hall–Kier alpha value is -2.44. The fourth-order valence-corrected chi connectivity index (χ4v) is 4.97. The van der Waals surface area contributed by atoms with E-state index in [9.17, 15) is 9.90 Å². The van der Waals surface area contributed by atoms with Gasteiger partial charge in [0.25, 0.3) is 0 Å². The maximum atomic E-state index is 13.2. The summed E-state index contributed by atoms with van der Waals surface area (Å²) >= 11 is 6.17. The molecule has 0 atom stereocenters. The van der Waals surface area contributed by atoms with Crippen molar-refractivity contribution in [2.24, 2.45) is 0 Å². The quantitative estimate of drug-likeness (QED) is 0.739. The van der Waals surface area contributed by atoms with Crippen LogP contribution in [0, 0.1) is 0 Å². The van der Waals surface area contributed by atoms with E-state index in [1.165, 1.54) is 0 Å². The summed E-state index contributed by atoms with van der Waals surface area (Å²) in [6.07, 6.45) is 6.50. The minimum atomic E-state index is -0.342. The number of amides is 1. The van der Waals surface area contributed by atoms with Gasteiger partial charge >= 0.3 is 0 Å². The van der Waals surface area contributed by atoms with Crippen LogP contribution >= 0.6 is 11.6 Å². The molecule has 2 fully saturated rings. The molecular weight excluding hydrogens is 376 g/mol. The Balaban J connectivity index is 1.45. The third-order valence-corrected chi connectivity index (χ3v) is 6.72. The molecule has 7 heteroatoms. The second-order valence-corrected chi connectivity index (χ2v) is 8.61. The molecule has 1 aliphatic heterocycles. The summed E-state index contributed by atoms with van der Waals surface area (Å²) in [4.78, 5) is 24.2. The van der Waals surface area contributed by atoms with E-state index in [2.05, 4.69) is 9.55 Å². The van der Waals surface area contributed by atoms with Crippen molar-refractivity contribution >= 4 is 34.2 Å². The highest BCUT2D eigenvalue weighted by molar-refractivity contribution is 6.31. The number of aliphatic hydroxyl groups excluding tert-OH is 1. The largest absolute Gasteiger partial charge is 0.393 e. The number of hydrogen-bond acceptors (Lipinski definition) is 4. The molecule has 6 rings (SSSR count). The molecule has 0 unspecified atom stereocenters. The summed E-state index contributed by atoms with van der Waals surface area (Å²) < 4.78 is 2.18. The Morgan fingerprint density at radius 2 is 2.07 bits per heavy atom. The molecule has 3 aliphatic rings. The van der Waals surface area contributed by atoms with Crippen molar-refractivity contribution in [2.45, 2.75) is 49.8 Å². The Kier molecular flexibility index (Phi) is 3.27. The number of aromatic nitrogens is 3. The number of carbonyl (C=O) groups excluding carboxylic acids is 1. The van der Waals surface area contributed by atoms with Crippen LogP contribution in [0.15, 0.2) is 36.7 Å². The number of nitrogens with zero attached hydrogens (tertiary/aromatic N) is 4. The average Bonchev–Trinajstić information content (AvgIpc) is 3.35. The average molecular weight is 395 g/mol. The highest BCUT2D eigenvalue weighted by atomic mass is 35.5. The monoisotopic (exact) mass is 394 g/mol. The zero-order chi connectivity index (χ0) is 19.0. The summed E-state index contributed by atoms with van der Waals surface area (Å²) in [5.74, 6) is 0.982. The SMILES string of the molecule is O=C1N(Cc2nc3cc(Cl)ccc3n2[C@H]2C[C@H](O)C2)c2cnccc2C12CC2. The summed E-state index contributed by atoms with van der Waals surface area (Å²) in [6.45, 7) is 0.401. The van der Waals surface area contributed by atoms with Crippen LogP contribution in [0.1, 0.15) is 43.1 Å². The van der Waals surface area contributed by atoms with Crippen LogP contribution in [-0.2, 0) is 16.8 Å². The first-order valence-electron chi connectivity index (χ1n) is 9.68. The lowest BCUT2D eigenvalue weighted by atomic mass is 9.89. The molecule has 2 aliphatic carbocycles. The predicted octanol–water partition coefficient (Wildman–Crippen LogP) is 3.36. The molecule has 0 radical (unpaired) electrons. The fourth-order valence-electron chi connectivity index (χ4n) is 4.81. The van der Waals surface area contributed by atoms with Gasteiger partial charge in [-0.3, -0.25) is 9.78 Å². The van der Waals surface area contributed by atoms with Crippen LogP contribution in [-0.4, -0.2) is 31.7 Å². The second-order valence-electron chi connectivity index (χ2n) is 8.18. The molecule has 1 spiro atoms. The lowest BCUT2D eigenvalue weighted by molar-refractivity contribution is -0.120. The highest BCUT2D eigenvalue weighted by Crippen LogP contribution is 2.57. The van der Waals surface area contributed by atoms with Crippen LogP contribution in [0.5, 0.6) is 0 Å². The molecule has 2 aromatic heterocycles. The Morgan fingerprint density at radius 3 is 2.82 bits per heavy atom. The van der Waals surface area contributed by atoms with Crippen molar-refractivity contribution in [3.63, 3.8) is 0 Å². The van der Waals surface area contributed by atoms with E-state index < -0.39 is 0 Å². The van der Waals surface area contributed by atoms with E-state index in [0.29, 0.717) is 24.4 Å². The summed E-state index contributed by atoms with van der Waals surface area (Å²) in [5, 5.41) is 10.5.